The van der Waals surface area contributed by atoms with Crippen molar-refractivity contribution in [1.29, 1.82) is 0 Å². The molecule has 0 aliphatic heterocycles. The Labute approximate surface area is 163 Å². The highest BCUT2D eigenvalue weighted by Crippen LogP contribution is 2.20. The fourth-order valence-electron chi connectivity index (χ4n) is 3.12. The van der Waals surface area contributed by atoms with Crippen LogP contribution in [0.1, 0.15) is 75.8 Å². The van der Waals surface area contributed by atoms with E-state index < -0.39 is 0 Å². The Morgan fingerprint density at radius 3 is 2.19 bits per heavy atom. The highest BCUT2D eigenvalue weighted by molar-refractivity contribution is 5.92. The number of furan rings is 1. The number of amides is 1. The molecule has 27 heavy (non-hydrogen) atoms. The SMILES string of the molecule is CCCc1ccc(OCc2ccc(C(=O)N([C@H](C)CC)[C@H](C)CC)o2)cc1. The molecule has 0 aliphatic rings. The number of nitrogens with zero attached hydrogens (tertiary/aromatic N) is 1. The summed E-state index contributed by atoms with van der Waals surface area (Å²) in [6, 6.07) is 12.1. The summed E-state index contributed by atoms with van der Waals surface area (Å²) in [5.74, 6) is 1.80. The molecule has 0 aliphatic carbocycles. The average molecular weight is 372 g/mol. The van der Waals surface area contributed by atoms with Crippen LogP contribution in [0.5, 0.6) is 5.75 Å². The molecule has 0 spiro atoms. The molecule has 2 rings (SSSR count). The van der Waals surface area contributed by atoms with Gasteiger partial charge >= 0.3 is 0 Å². The van der Waals surface area contributed by atoms with E-state index >= 15 is 0 Å². The molecular weight excluding hydrogens is 338 g/mol. The Morgan fingerprint density at radius 1 is 1.00 bits per heavy atom. The minimum absolute atomic E-state index is 0.0473. The zero-order valence-electron chi connectivity index (χ0n) is 17.3. The lowest BCUT2D eigenvalue weighted by atomic mass is 10.1. The lowest BCUT2D eigenvalue weighted by Gasteiger charge is -2.33. The van der Waals surface area contributed by atoms with E-state index in [2.05, 4.69) is 46.8 Å². The quantitative estimate of drug-likeness (QED) is 0.526. The van der Waals surface area contributed by atoms with Crippen LogP contribution in [0.2, 0.25) is 0 Å². The normalized spacial score (nSPS) is 13.2. The molecule has 2 aromatic rings. The van der Waals surface area contributed by atoms with Gasteiger partial charge < -0.3 is 14.1 Å². The van der Waals surface area contributed by atoms with Crippen molar-refractivity contribution in [3.8, 4) is 5.75 Å². The van der Waals surface area contributed by atoms with Crippen LogP contribution in [-0.2, 0) is 13.0 Å². The van der Waals surface area contributed by atoms with Crippen molar-refractivity contribution in [1.82, 2.24) is 4.90 Å². The maximum absolute atomic E-state index is 12.9. The standard InChI is InChI=1S/C23H33NO3/c1-6-9-19-10-12-20(13-11-19)26-16-21-14-15-22(27-21)23(25)24(17(4)7-2)18(5)8-3/h10-15,17-18H,6-9,16H2,1-5H3/t17-,18-/m1/s1. The summed E-state index contributed by atoms with van der Waals surface area (Å²) in [4.78, 5) is 14.9. The van der Waals surface area contributed by atoms with Gasteiger partial charge in [0.15, 0.2) is 5.76 Å². The van der Waals surface area contributed by atoms with Crippen LogP contribution in [0.15, 0.2) is 40.8 Å². The molecule has 0 saturated heterocycles. The van der Waals surface area contributed by atoms with Crippen molar-refractivity contribution >= 4 is 5.91 Å². The van der Waals surface area contributed by atoms with Gasteiger partial charge in [-0.2, -0.15) is 0 Å². The van der Waals surface area contributed by atoms with Crippen molar-refractivity contribution in [2.75, 3.05) is 0 Å². The zero-order chi connectivity index (χ0) is 19.8. The van der Waals surface area contributed by atoms with Gasteiger partial charge in [0.2, 0.25) is 0 Å². The van der Waals surface area contributed by atoms with Crippen molar-refractivity contribution in [2.24, 2.45) is 0 Å². The first-order valence-electron chi connectivity index (χ1n) is 10.1. The van der Waals surface area contributed by atoms with Crippen LogP contribution in [-0.4, -0.2) is 22.9 Å². The molecular formula is C23H33NO3. The van der Waals surface area contributed by atoms with E-state index in [9.17, 15) is 4.79 Å². The van der Waals surface area contributed by atoms with Gasteiger partial charge in [-0.3, -0.25) is 4.79 Å². The molecule has 0 unspecified atom stereocenters. The average Bonchev–Trinajstić information content (AvgIpc) is 3.16. The van der Waals surface area contributed by atoms with E-state index in [4.69, 9.17) is 9.15 Å². The van der Waals surface area contributed by atoms with Gasteiger partial charge in [0.05, 0.1) is 0 Å². The Morgan fingerprint density at radius 2 is 1.63 bits per heavy atom. The van der Waals surface area contributed by atoms with Gasteiger partial charge in [0.25, 0.3) is 5.91 Å². The third-order valence-electron chi connectivity index (χ3n) is 5.08. The van der Waals surface area contributed by atoms with Crippen LogP contribution in [0, 0.1) is 0 Å². The monoisotopic (exact) mass is 371 g/mol. The second kappa shape index (κ2) is 10.2. The van der Waals surface area contributed by atoms with Crippen LogP contribution < -0.4 is 4.74 Å². The fraction of sp³-hybridized carbons (Fsp3) is 0.522. The number of benzene rings is 1. The Balaban J connectivity index is 2.01. The third-order valence-corrected chi connectivity index (χ3v) is 5.08. The van der Waals surface area contributed by atoms with E-state index in [0.29, 0.717) is 18.1 Å². The van der Waals surface area contributed by atoms with Gasteiger partial charge in [0, 0.05) is 12.1 Å². The summed E-state index contributed by atoms with van der Waals surface area (Å²) in [6.07, 6.45) is 4.04. The summed E-state index contributed by atoms with van der Waals surface area (Å²) in [6.45, 7) is 10.8. The topological polar surface area (TPSA) is 42.7 Å². The third kappa shape index (κ3) is 5.62. The predicted octanol–water partition coefficient (Wildman–Crippen LogP) is 5.85. The lowest BCUT2D eigenvalue weighted by molar-refractivity contribution is 0.0561. The van der Waals surface area contributed by atoms with Crippen molar-refractivity contribution in [3.05, 3.63) is 53.5 Å². The molecule has 0 N–H and O–H groups in total. The number of aryl methyl sites for hydroxylation is 1. The number of rotatable bonds is 10. The first kappa shape index (κ1) is 21.1. The molecule has 148 valence electrons. The van der Waals surface area contributed by atoms with Crippen LogP contribution in [0.25, 0.3) is 0 Å². The first-order valence-corrected chi connectivity index (χ1v) is 10.1. The summed E-state index contributed by atoms with van der Waals surface area (Å²) in [7, 11) is 0. The van der Waals surface area contributed by atoms with E-state index in [-0.39, 0.29) is 18.0 Å². The number of carbonyl (C=O) groups excluding carboxylic acids is 1. The van der Waals surface area contributed by atoms with E-state index in [1.807, 2.05) is 23.1 Å². The molecule has 0 radical (unpaired) electrons. The second-order valence-electron chi connectivity index (χ2n) is 7.18. The number of hydrogen-bond acceptors (Lipinski definition) is 3. The molecule has 4 heteroatoms. The van der Waals surface area contributed by atoms with E-state index in [1.54, 1.807) is 6.07 Å². The Kier molecular flexibility index (Phi) is 7.96. The largest absolute Gasteiger partial charge is 0.486 e. The molecule has 1 aromatic heterocycles. The van der Waals surface area contributed by atoms with Crippen LogP contribution >= 0.6 is 0 Å². The summed E-state index contributed by atoms with van der Waals surface area (Å²) >= 11 is 0. The maximum Gasteiger partial charge on any atom is 0.290 e. The molecule has 0 bridgehead atoms. The highest BCUT2D eigenvalue weighted by Gasteiger charge is 2.26. The van der Waals surface area contributed by atoms with Crippen molar-refractivity contribution in [3.63, 3.8) is 0 Å². The lowest BCUT2D eigenvalue weighted by Crippen LogP contribution is -2.44. The van der Waals surface area contributed by atoms with Gasteiger partial charge in [-0.15, -0.1) is 0 Å². The maximum atomic E-state index is 12.9. The first-order chi connectivity index (χ1) is 13.0. The molecule has 0 saturated carbocycles. The minimum Gasteiger partial charge on any atom is -0.486 e. The number of hydrogen-bond donors (Lipinski definition) is 0. The second-order valence-corrected chi connectivity index (χ2v) is 7.18. The Bertz CT molecular complexity index is 695. The van der Waals surface area contributed by atoms with E-state index in [0.717, 1.165) is 31.4 Å². The summed E-state index contributed by atoms with van der Waals surface area (Å²) in [5, 5.41) is 0. The van der Waals surface area contributed by atoms with Crippen molar-refractivity contribution < 1.29 is 13.9 Å². The van der Waals surface area contributed by atoms with Gasteiger partial charge in [-0.05, 0) is 62.9 Å². The molecule has 1 aromatic carbocycles. The van der Waals surface area contributed by atoms with Gasteiger partial charge in [-0.1, -0.05) is 39.3 Å². The van der Waals surface area contributed by atoms with Gasteiger partial charge in [0.1, 0.15) is 18.1 Å². The highest BCUT2D eigenvalue weighted by atomic mass is 16.5. The van der Waals surface area contributed by atoms with Crippen molar-refractivity contribution in [2.45, 2.75) is 79.0 Å². The molecule has 1 heterocycles. The van der Waals surface area contributed by atoms with Gasteiger partial charge in [-0.25, -0.2) is 0 Å². The van der Waals surface area contributed by atoms with Crippen LogP contribution in [0.3, 0.4) is 0 Å². The summed E-state index contributed by atoms with van der Waals surface area (Å²) < 4.78 is 11.6. The smallest absolute Gasteiger partial charge is 0.290 e. The molecule has 1 amide bonds. The molecule has 2 atom stereocenters. The van der Waals surface area contributed by atoms with Crippen LogP contribution in [0.4, 0.5) is 0 Å². The van der Waals surface area contributed by atoms with E-state index in [1.165, 1.54) is 5.56 Å². The fourth-order valence-corrected chi connectivity index (χ4v) is 3.12. The molecule has 0 fully saturated rings. The minimum atomic E-state index is -0.0473. The molecule has 4 nitrogen and oxygen atoms in total. The Hall–Kier alpha value is -2.23. The predicted molar refractivity (Wildman–Crippen MR) is 109 cm³/mol. The number of carbonyl (C=O) groups is 1. The summed E-state index contributed by atoms with van der Waals surface area (Å²) in [5.41, 5.74) is 1.31. The zero-order valence-corrected chi connectivity index (χ0v) is 17.3. The number of ether oxygens (including phenoxy) is 1.